The Morgan fingerprint density at radius 1 is 1.42 bits per heavy atom. The number of carbonyl (C=O) groups is 2. The van der Waals surface area contributed by atoms with Gasteiger partial charge in [-0.05, 0) is 25.3 Å². The molecule has 136 valence electrons. The summed E-state index contributed by atoms with van der Waals surface area (Å²) in [6, 6.07) is 3.79. The van der Waals surface area contributed by atoms with Gasteiger partial charge in [0.2, 0.25) is 17.6 Å². The third-order valence-corrected chi connectivity index (χ3v) is 4.60. The molecule has 0 aliphatic carbocycles. The topological polar surface area (TPSA) is 123 Å². The monoisotopic (exact) mass is 375 g/mol. The van der Waals surface area contributed by atoms with E-state index in [1.54, 1.807) is 0 Å². The Morgan fingerprint density at radius 2 is 2.23 bits per heavy atom. The average molecular weight is 375 g/mol. The smallest absolute Gasteiger partial charge is 0.331 e. The second-order valence-electron chi connectivity index (χ2n) is 6.07. The summed E-state index contributed by atoms with van der Waals surface area (Å²) >= 11 is 1.51. The number of anilines is 1. The van der Waals surface area contributed by atoms with Crippen molar-refractivity contribution in [2.75, 3.05) is 5.32 Å². The number of nitrogens with zero attached hydrogens (tertiary/aromatic N) is 4. The summed E-state index contributed by atoms with van der Waals surface area (Å²) in [5.74, 6) is -0.385. The molecule has 0 radical (unpaired) electrons. The van der Waals surface area contributed by atoms with Gasteiger partial charge in [-0.1, -0.05) is 11.2 Å². The predicted octanol–water partition coefficient (Wildman–Crippen LogP) is 2.39. The maximum Gasteiger partial charge on any atom is 0.331 e. The summed E-state index contributed by atoms with van der Waals surface area (Å²) < 4.78 is 6.44. The number of amides is 1. The molecule has 0 aliphatic rings. The van der Waals surface area contributed by atoms with Gasteiger partial charge < -0.3 is 14.9 Å². The van der Waals surface area contributed by atoms with Gasteiger partial charge in [0.25, 0.3) is 0 Å². The fourth-order valence-corrected chi connectivity index (χ4v) is 2.75. The molecule has 3 rings (SSSR count). The van der Waals surface area contributed by atoms with Crippen molar-refractivity contribution in [3.63, 3.8) is 0 Å². The first kappa shape index (κ1) is 17.8. The van der Waals surface area contributed by atoms with Gasteiger partial charge in [0.1, 0.15) is 0 Å². The minimum atomic E-state index is -1.20. The molecular formula is C16H17N5O4S. The van der Waals surface area contributed by atoms with Crippen LogP contribution in [0.3, 0.4) is 0 Å². The first-order chi connectivity index (χ1) is 12.4. The molecule has 10 heteroatoms. The van der Waals surface area contributed by atoms with Gasteiger partial charge in [-0.2, -0.15) is 10.1 Å². The number of carbonyl (C=O) groups excluding carboxylic acids is 1. The van der Waals surface area contributed by atoms with E-state index in [0.717, 1.165) is 4.88 Å². The lowest BCUT2D eigenvalue weighted by Crippen LogP contribution is -2.35. The van der Waals surface area contributed by atoms with Crippen LogP contribution in [0.2, 0.25) is 0 Å². The number of nitrogens with one attached hydrogen (secondary N) is 1. The van der Waals surface area contributed by atoms with Gasteiger partial charge >= 0.3 is 5.97 Å². The minimum absolute atomic E-state index is 0.152. The van der Waals surface area contributed by atoms with Gasteiger partial charge in [-0.25, -0.2) is 4.79 Å². The number of rotatable bonds is 7. The van der Waals surface area contributed by atoms with E-state index in [2.05, 4.69) is 20.6 Å². The van der Waals surface area contributed by atoms with Crippen LogP contribution < -0.4 is 5.32 Å². The van der Waals surface area contributed by atoms with Gasteiger partial charge in [-0.15, -0.1) is 11.3 Å². The Labute approximate surface area is 152 Å². The van der Waals surface area contributed by atoms with Crippen molar-refractivity contribution in [3.8, 4) is 10.7 Å². The lowest BCUT2D eigenvalue weighted by atomic mass is 10.1. The molecule has 0 aromatic carbocycles. The van der Waals surface area contributed by atoms with E-state index >= 15 is 0 Å². The van der Waals surface area contributed by atoms with E-state index in [0.29, 0.717) is 23.8 Å². The van der Waals surface area contributed by atoms with Crippen LogP contribution in [0.4, 0.5) is 5.69 Å². The molecule has 9 nitrogen and oxygen atoms in total. The Hall–Kier alpha value is -3.01. The molecule has 3 aromatic rings. The number of aromatic nitrogens is 4. The van der Waals surface area contributed by atoms with Crippen LogP contribution in [-0.4, -0.2) is 36.9 Å². The molecule has 3 heterocycles. The van der Waals surface area contributed by atoms with E-state index in [4.69, 9.17) is 4.52 Å². The summed E-state index contributed by atoms with van der Waals surface area (Å²) in [5.41, 5.74) is -0.778. The molecule has 0 spiro atoms. The zero-order chi connectivity index (χ0) is 18.7. The number of aryl methyl sites for hydroxylation is 1. The Bertz CT molecular complexity index is 913. The molecule has 0 unspecified atom stereocenters. The zero-order valence-electron chi connectivity index (χ0n) is 14.2. The second kappa shape index (κ2) is 7.08. The third-order valence-electron chi connectivity index (χ3n) is 3.74. The fourth-order valence-electron chi connectivity index (χ4n) is 2.10. The number of hydrogen-bond donors (Lipinski definition) is 2. The largest absolute Gasteiger partial charge is 0.479 e. The van der Waals surface area contributed by atoms with Crippen LogP contribution in [0.5, 0.6) is 0 Å². The number of carboxylic acid groups (broad SMARTS) is 1. The van der Waals surface area contributed by atoms with Crippen molar-refractivity contribution >= 4 is 28.9 Å². The standard InChI is InChI=1S/C16H17N5O4S/c1-16(2,15(23)24)21-9-10(8-17-21)18-12(22)5-6-13-19-14(20-25-13)11-4-3-7-26-11/h3-4,7-9H,5-6H2,1-2H3,(H,18,22)(H,23,24). The number of thiophene rings is 1. The van der Waals surface area contributed by atoms with Crippen molar-refractivity contribution in [1.82, 2.24) is 19.9 Å². The van der Waals surface area contributed by atoms with E-state index < -0.39 is 11.5 Å². The Balaban J connectivity index is 1.55. The van der Waals surface area contributed by atoms with Crippen molar-refractivity contribution in [3.05, 3.63) is 35.8 Å². The van der Waals surface area contributed by atoms with Crippen LogP contribution in [-0.2, 0) is 21.5 Å². The van der Waals surface area contributed by atoms with Gasteiger partial charge in [-0.3, -0.25) is 9.48 Å². The molecule has 0 fully saturated rings. The highest BCUT2D eigenvalue weighted by molar-refractivity contribution is 7.13. The quantitative estimate of drug-likeness (QED) is 0.650. The summed E-state index contributed by atoms with van der Waals surface area (Å²) in [4.78, 5) is 28.4. The van der Waals surface area contributed by atoms with E-state index in [9.17, 15) is 14.7 Å². The van der Waals surface area contributed by atoms with Crippen molar-refractivity contribution in [2.45, 2.75) is 32.2 Å². The second-order valence-corrected chi connectivity index (χ2v) is 7.02. The molecular weight excluding hydrogens is 358 g/mol. The van der Waals surface area contributed by atoms with Crippen molar-refractivity contribution in [1.29, 1.82) is 0 Å². The summed E-state index contributed by atoms with van der Waals surface area (Å²) in [7, 11) is 0. The highest BCUT2D eigenvalue weighted by Crippen LogP contribution is 2.21. The SMILES string of the molecule is CC(C)(C(=O)O)n1cc(NC(=O)CCc2nc(-c3cccs3)no2)cn1. The molecule has 0 aliphatic heterocycles. The van der Waals surface area contributed by atoms with Crippen LogP contribution in [0.15, 0.2) is 34.4 Å². The van der Waals surface area contributed by atoms with E-state index in [1.807, 2.05) is 17.5 Å². The number of carboxylic acids is 1. The Kier molecular flexibility index (Phi) is 4.85. The summed E-state index contributed by atoms with van der Waals surface area (Å²) in [5, 5.41) is 21.7. The molecule has 1 amide bonds. The van der Waals surface area contributed by atoms with Crippen molar-refractivity contribution < 1.29 is 19.2 Å². The zero-order valence-corrected chi connectivity index (χ0v) is 15.0. The fraction of sp³-hybridized carbons (Fsp3) is 0.312. The molecule has 0 bridgehead atoms. The van der Waals surface area contributed by atoms with Gasteiger partial charge in [0, 0.05) is 19.0 Å². The van der Waals surface area contributed by atoms with Crippen LogP contribution in [0.1, 0.15) is 26.2 Å². The number of aliphatic carboxylic acids is 1. The van der Waals surface area contributed by atoms with Crippen LogP contribution >= 0.6 is 11.3 Å². The number of hydrogen-bond acceptors (Lipinski definition) is 7. The molecule has 0 saturated carbocycles. The molecule has 0 saturated heterocycles. The molecule has 2 N–H and O–H groups in total. The molecule has 26 heavy (non-hydrogen) atoms. The van der Waals surface area contributed by atoms with Crippen LogP contribution in [0, 0.1) is 0 Å². The lowest BCUT2D eigenvalue weighted by molar-refractivity contribution is -0.146. The maximum atomic E-state index is 12.1. The highest BCUT2D eigenvalue weighted by atomic mass is 32.1. The van der Waals surface area contributed by atoms with E-state index in [1.165, 1.54) is 42.3 Å². The highest BCUT2D eigenvalue weighted by Gasteiger charge is 2.30. The summed E-state index contributed by atoms with van der Waals surface area (Å²) in [6.07, 6.45) is 3.34. The molecule has 3 aromatic heterocycles. The summed E-state index contributed by atoms with van der Waals surface area (Å²) in [6.45, 7) is 3.05. The van der Waals surface area contributed by atoms with Crippen molar-refractivity contribution in [2.24, 2.45) is 0 Å². The minimum Gasteiger partial charge on any atom is -0.479 e. The predicted molar refractivity (Wildman–Crippen MR) is 93.7 cm³/mol. The van der Waals surface area contributed by atoms with Gasteiger partial charge in [0.15, 0.2) is 5.54 Å². The average Bonchev–Trinajstić information content (AvgIpc) is 3.33. The Morgan fingerprint density at radius 3 is 2.92 bits per heavy atom. The molecule has 0 atom stereocenters. The normalized spacial score (nSPS) is 11.5. The lowest BCUT2D eigenvalue weighted by Gasteiger charge is -2.19. The van der Waals surface area contributed by atoms with E-state index in [-0.39, 0.29) is 12.3 Å². The first-order valence-corrected chi connectivity index (χ1v) is 8.69. The first-order valence-electron chi connectivity index (χ1n) is 7.81. The maximum absolute atomic E-state index is 12.1. The third kappa shape index (κ3) is 3.80. The van der Waals surface area contributed by atoms with Crippen LogP contribution in [0.25, 0.3) is 10.7 Å². The van der Waals surface area contributed by atoms with Gasteiger partial charge in [0.05, 0.1) is 16.8 Å².